The zero-order chi connectivity index (χ0) is 21.1. The molecule has 29 heavy (non-hydrogen) atoms. The number of carbonyl (C=O) groups is 3. The molecule has 0 aromatic heterocycles. The summed E-state index contributed by atoms with van der Waals surface area (Å²) in [6.45, 7) is 0. The molecular weight excluding hydrogens is 429 g/mol. The van der Waals surface area contributed by atoms with Gasteiger partial charge < -0.3 is 4.90 Å². The van der Waals surface area contributed by atoms with Crippen molar-refractivity contribution < 1.29 is 27.6 Å². The van der Waals surface area contributed by atoms with Crippen molar-refractivity contribution in [3.8, 4) is 0 Å². The van der Waals surface area contributed by atoms with Crippen molar-refractivity contribution >= 4 is 57.4 Å². The minimum absolute atomic E-state index is 0.0546. The van der Waals surface area contributed by atoms with E-state index in [1.165, 1.54) is 11.9 Å². The number of para-hydroxylation sites is 1. The van der Waals surface area contributed by atoms with E-state index >= 15 is 0 Å². The molecular formula is C19H10ClF3N2O3S. The van der Waals surface area contributed by atoms with Crippen molar-refractivity contribution in [3.63, 3.8) is 0 Å². The van der Waals surface area contributed by atoms with Gasteiger partial charge >= 0.3 is 6.18 Å². The summed E-state index contributed by atoms with van der Waals surface area (Å²) in [4.78, 5) is 40.0. The summed E-state index contributed by atoms with van der Waals surface area (Å²) >= 11 is 6.13. The number of alkyl halides is 3. The molecule has 0 saturated carbocycles. The lowest BCUT2D eigenvalue weighted by molar-refractivity contribution is -0.137. The van der Waals surface area contributed by atoms with Crippen LogP contribution in [0.2, 0.25) is 5.02 Å². The third-order valence-electron chi connectivity index (χ3n) is 4.56. The van der Waals surface area contributed by atoms with Crippen molar-refractivity contribution in [3.05, 3.63) is 63.5 Å². The minimum atomic E-state index is -4.75. The maximum atomic E-state index is 13.2. The number of likely N-dealkylation sites (N-methyl/N-ethyl adjacent to an activating group) is 1. The van der Waals surface area contributed by atoms with Gasteiger partial charge in [0.05, 0.1) is 32.4 Å². The Labute approximate surface area is 171 Å². The fourth-order valence-corrected chi connectivity index (χ4v) is 4.36. The smallest absolute Gasteiger partial charge is 0.311 e. The quantitative estimate of drug-likeness (QED) is 0.591. The normalized spacial score (nSPS) is 19.4. The van der Waals surface area contributed by atoms with Gasteiger partial charge in [0.1, 0.15) is 0 Å². The van der Waals surface area contributed by atoms with Crippen LogP contribution in [0.5, 0.6) is 0 Å². The summed E-state index contributed by atoms with van der Waals surface area (Å²) in [6, 6.07) is 9.51. The maximum absolute atomic E-state index is 13.2. The largest absolute Gasteiger partial charge is 0.417 e. The zero-order valence-corrected chi connectivity index (χ0v) is 16.2. The lowest BCUT2D eigenvalue weighted by Crippen LogP contribution is -2.29. The topological polar surface area (TPSA) is 57.7 Å². The summed E-state index contributed by atoms with van der Waals surface area (Å²) in [5.74, 6) is -1.33. The highest BCUT2D eigenvalue weighted by Gasteiger charge is 2.44. The van der Waals surface area contributed by atoms with Gasteiger partial charge in [0.25, 0.3) is 17.1 Å². The molecule has 0 spiro atoms. The Morgan fingerprint density at radius 2 is 1.69 bits per heavy atom. The number of imide groups is 1. The Morgan fingerprint density at radius 1 is 1.00 bits per heavy atom. The van der Waals surface area contributed by atoms with Gasteiger partial charge in [-0.3, -0.25) is 14.4 Å². The number of benzene rings is 2. The van der Waals surface area contributed by atoms with E-state index in [4.69, 9.17) is 11.6 Å². The summed E-state index contributed by atoms with van der Waals surface area (Å²) in [5.41, 5.74) is -0.320. The number of rotatable bonds is 1. The van der Waals surface area contributed by atoms with E-state index in [9.17, 15) is 27.6 Å². The highest BCUT2D eigenvalue weighted by molar-refractivity contribution is 8.19. The van der Waals surface area contributed by atoms with E-state index in [1.807, 2.05) is 0 Å². The average molecular weight is 439 g/mol. The number of hydrogen-bond donors (Lipinski definition) is 0. The number of anilines is 2. The first-order chi connectivity index (χ1) is 13.6. The van der Waals surface area contributed by atoms with Crippen molar-refractivity contribution in [1.82, 2.24) is 0 Å². The van der Waals surface area contributed by atoms with Crippen LogP contribution in [-0.2, 0) is 15.8 Å². The van der Waals surface area contributed by atoms with Gasteiger partial charge in [0.15, 0.2) is 0 Å². The Morgan fingerprint density at radius 3 is 2.38 bits per heavy atom. The van der Waals surface area contributed by atoms with E-state index in [2.05, 4.69) is 0 Å². The fraction of sp³-hybridized carbons (Fsp3) is 0.105. The van der Waals surface area contributed by atoms with Crippen LogP contribution in [0, 0.1) is 0 Å². The van der Waals surface area contributed by atoms with Gasteiger partial charge in [-0.2, -0.15) is 13.2 Å². The molecule has 5 nitrogen and oxygen atoms in total. The van der Waals surface area contributed by atoms with Crippen LogP contribution in [0.25, 0.3) is 5.57 Å². The first-order valence-corrected chi connectivity index (χ1v) is 9.35. The minimum Gasteiger partial charge on any atom is -0.311 e. The number of halogens is 4. The first-order valence-electron chi connectivity index (χ1n) is 8.16. The molecule has 4 rings (SSSR count). The van der Waals surface area contributed by atoms with Gasteiger partial charge in [-0.05, 0) is 36.0 Å². The predicted octanol–water partition coefficient (Wildman–Crippen LogP) is 4.95. The lowest BCUT2D eigenvalue weighted by atomic mass is 10.1. The van der Waals surface area contributed by atoms with Crippen LogP contribution >= 0.6 is 23.4 Å². The molecule has 2 aromatic rings. The van der Waals surface area contributed by atoms with Crippen LogP contribution in [0.3, 0.4) is 0 Å². The van der Waals surface area contributed by atoms with E-state index < -0.39 is 33.8 Å². The van der Waals surface area contributed by atoms with Gasteiger partial charge in [-0.1, -0.05) is 29.8 Å². The van der Waals surface area contributed by atoms with Crippen molar-refractivity contribution in [2.75, 3.05) is 16.8 Å². The molecule has 1 saturated heterocycles. The molecule has 0 radical (unpaired) electrons. The number of nitrogens with zero attached hydrogens (tertiary/aromatic N) is 2. The third-order valence-corrected chi connectivity index (χ3v) is 5.83. The molecule has 2 aliphatic rings. The van der Waals surface area contributed by atoms with Gasteiger partial charge in [-0.15, -0.1) is 0 Å². The van der Waals surface area contributed by atoms with E-state index in [-0.39, 0.29) is 16.2 Å². The van der Waals surface area contributed by atoms with E-state index in [1.54, 1.807) is 24.3 Å². The lowest BCUT2D eigenvalue weighted by Gasteiger charge is -2.16. The standard InChI is InChI=1S/C19H10ClF3N2O3S/c1-24-13-5-3-2-4-10(13)14(16(24)26)15-17(27)25(18(28)29-15)9-6-7-12(20)11(8-9)19(21,22)23/h2-8H,1H3/b15-14-. The highest BCUT2D eigenvalue weighted by Crippen LogP contribution is 2.46. The van der Waals surface area contributed by atoms with E-state index in [0.717, 1.165) is 12.1 Å². The number of hydrogen-bond acceptors (Lipinski definition) is 4. The maximum Gasteiger partial charge on any atom is 0.417 e. The fourth-order valence-electron chi connectivity index (χ4n) is 3.20. The monoisotopic (exact) mass is 438 g/mol. The molecule has 10 heteroatoms. The summed E-state index contributed by atoms with van der Waals surface area (Å²) in [7, 11) is 1.53. The molecule has 3 amide bonds. The second-order valence-electron chi connectivity index (χ2n) is 6.26. The van der Waals surface area contributed by atoms with Crippen LogP contribution in [0.4, 0.5) is 29.3 Å². The first kappa shape index (κ1) is 19.5. The molecule has 1 fully saturated rings. The third kappa shape index (κ3) is 3.01. The Balaban J connectivity index is 1.83. The molecule has 0 unspecified atom stereocenters. The zero-order valence-electron chi connectivity index (χ0n) is 14.6. The Kier molecular flexibility index (Phi) is 4.47. The van der Waals surface area contributed by atoms with Gasteiger partial charge in [0, 0.05) is 12.6 Å². The number of fused-ring (bicyclic) bond motifs is 1. The molecule has 0 aliphatic carbocycles. The molecule has 2 aliphatic heterocycles. The summed E-state index contributed by atoms with van der Waals surface area (Å²) in [6.07, 6.45) is -4.75. The summed E-state index contributed by atoms with van der Waals surface area (Å²) < 4.78 is 39.5. The van der Waals surface area contributed by atoms with E-state index in [0.29, 0.717) is 34.0 Å². The second-order valence-corrected chi connectivity index (χ2v) is 7.62. The van der Waals surface area contributed by atoms with Gasteiger partial charge in [-0.25, -0.2) is 4.90 Å². The highest BCUT2D eigenvalue weighted by atomic mass is 35.5. The van der Waals surface area contributed by atoms with Crippen LogP contribution < -0.4 is 9.80 Å². The van der Waals surface area contributed by atoms with Crippen LogP contribution in [0.15, 0.2) is 47.4 Å². The van der Waals surface area contributed by atoms with Crippen molar-refractivity contribution in [2.45, 2.75) is 6.18 Å². The average Bonchev–Trinajstić information content (AvgIpc) is 3.08. The molecule has 0 atom stereocenters. The molecule has 148 valence electrons. The molecule has 0 bridgehead atoms. The SMILES string of the molecule is CN1C(=O)/C(=C2\SC(=O)N(c3ccc(Cl)c(C(F)(F)F)c3)C2=O)c2ccccc21. The molecule has 2 heterocycles. The van der Waals surface area contributed by atoms with Crippen LogP contribution in [0.1, 0.15) is 11.1 Å². The Bertz CT molecular complexity index is 1130. The number of thioether (sulfide) groups is 1. The van der Waals surface area contributed by atoms with Crippen molar-refractivity contribution in [2.24, 2.45) is 0 Å². The van der Waals surface area contributed by atoms with Crippen molar-refractivity contribution in [1.29, 1.82) is 0 Å². The summed E-state index contributed by atoms with van der Waals surface area (Å²) in [5, 5.41) is -1.35. The van der Waals surface area contributed by atoms with Crippen LogP contribution in [-0.4, -0.2) is 24.1 Å². The number of amides is 3. The van der Waals surface area contributed by atoms with Gasteiger partial charge in [0.2, 0.25) is 0 Å². The predicted molar refractivity (Wildman–Crippen MR) is 104 cm³/mol. The number of carbonyl (C=O) groups excluding carboxylic acids is 3. The molecule has 2 aromatic carbocycles. The second kappa shape index (κ2) is 6.64. The molecule has 0 N–H and O–H groups in total. The Hall–Kier alpha value is -2.78.